The van der Waals surface area contributed by atoms with E-state index in [1.165, 1.54) is 5.52 Å². The lowest BCUT2D eigenvalue weighted by atomic mass is 10.2. The van der Waals surface area contributed by atoms with Gasteiger partial charge in [0.2, 0.25) is 0 Å². The summed E-state index contributed by atoms with van der Waals surface area (Å²) in [7, 11) is 0. The maximum absolute atomic E-state index is 7.90. The van der Waals surface area contributed by atoms with Crippen LogP contribution >= 0.6 is 0 Å². The van der Waals surface area contributed by atoms with Crippen LogP contribution in [0.1, 0.15) is 41.9 Å². The van der Waals surface area contributed by atoms with E-state index in [1.54, 1.807) is 20.8 Å². The fourth-order valence-electron chi connectivity index (χ4n) is 1.85. The summed E-state index contributed by atoms with van der Waals surface area (Å²) in [5.74, 6) is 1.58. The third-order valence-corrected chi connectivity index (χ3v) is 2.74. The topological polar surface area (TPSA) is 73.3 Å². The van der Waals surface area contributed by atoms with Crippen LogP contribution in [0.4, 0.5) is 0 Å². The highest BCUT2D eigenvalue weighted by atomic mass is 17.1. The van der Waals surface area contributed by atoms with Crippen LogP contribution in [0.15, 0.2) is 24.3 Å². The maximum atomic E-state index is 7.90. The molecule has 1 aromatic heterocycles. The van der Waals surface area contributed by atoms with E-state index >= 15 is 0 Å². The Kier molecular flexibility index (Phi) is 6.33. The Morgan fingerprint density at radius 3 is 2.38 bits per heavy atom. The van der Waals surface area contributed by atoms with Gasteiger partial charge < -0.3 is 10.3 Å². The number of para-hydroxylation sites is 2. The molecule has 0 saturated heterocycles. The average Bonchev–Trinajstić information content (AvgIpc) is 2.76. The first-order valence-electron chi connectivity index (χ1n) is 7.25. The van der Waals surface area contributed by atoms with Crippen molar-refractivity contribution in [2.24, 2.45) is 11.7 Å². The minimum absolute atomic E-state index is 0. The van der Waals surface area contributed by atoms with Crippen molar-refractivity contribution in [3.63, 3.8) is 0 Å². The van der Waals surface area contributed by atoms with Crippen LogP contribution in [-0.2, 0) is 18.0 Å². The number of rotatable bonds is 3. The van der Waals surface area contributed by atoms with Gasteiger partial charge in [0, 0.05) is 7.97 Å². The lowest BCUT2D eigenvalue weighted by Gasteiger charge is -2.10. The molecule has 1 aromatic carbocycles. The number of nitrogens with zero attached hydrogens (tertiary/aromatic N) is 2. The number of aromatic nitrogens is 2. The van der Waals surface area contributed by atoms with Gasteiger partial charge in [0.15, 0.2) is 0 Å². The van der Waals surface area contributed by atoms with E-state index in [1.807, 2.05) is 18.2 Å². The Morgan fingerprint density at radius 1 is 1.33 bits per heavy atom. The Balaban J connectivity index is 0.000000546. The molecular formula is C16H29N3O2. The van der Waals surface area contributed by atoms with E-state index in [4.69, 9.17) is 11.0 Å². The maximum Gasteiger partial charge on any atom is 0.123 e. The van der Waals surface area contributed by atoms with Crippen LogP contribution in [0.3, 0.4) is 0 Å². The zero-order chi connectivity index (χ0) is 16.0. The van der Waals surface area contributed by atoms with E-state index in [2.05, 4.69) is 34.4 Å². The van der Waals surface area contributed by atoms with Gasteiger partial charge in [-0.05, 0) is 38.8 Å². The smallest absolute Gasteiger partial charge is 0.123 e. The standard InChI is InChI=1S/C12H17N3.C4H10O2.H2/c1-9(2)8-15-11-6-4-3-5-10(11)14-12(15)7-13;1-4(2,3)6-5;/h3-6,9H,7-8,13H2,1-2H3;5H,1-3H3;1H. The Morgan fingerprint density at radius 2 is 1.90 bits per heavy atom. The normalized spacial score (nSPS) is 11.6. The minimum Gasteiger partial charge on any atom is -0.327 e. The number of nitrogens with two attached hydrogens (primary N) is 1. The summed E-state index contributed by atoms with van der Waals surface area (Å²) < 4.78 is 2.22. The van der Waals surface area contributed by atoms with E-state index in [9.17, 15) is 0 Å². The Hall–Kier alpha value is -1.43. The molecule has 0 amide bonds. The van der Waals surface area contributed by atoms with Gasteiger partial charge in [-0.2, -0.15) is 0 Å². The van der Waals surface area contributed by atoms with Gasteiger partial charge >= 0.3 is 0 Å². The van der Waals surface area contributed by atoms with E-state index < -0.39 is 5.60 Å². The second-order valence-corrected chi connectivity index (χ2v) is 6.43. The minimum atomic E-state index is -0.403. The molecule has 2 aromatic rings. The van der Waals surface area contributed by atoms with Crippen LogP contribution in [0.5, 0.6) is 0 Å². The zero-order valence-electron chi connectivity index (χ0n) is 13.6. The summed E-state index contributed by atoms with van der Waals surface area (Å²) in [5, 5.41) is 7.90. The molecule has 21 heavy (non-hydrogen) atoms. The molecule has 5 nitrogen and oxygen atoms in total. The van der Waals surface area contributed by atoms with Crippen molar-refractivity contribution >= 4 is 11.0 Å². The van der Waals surface area contributed by atoms with E-state index in [-0.39, 0.29) is 1.43 Å². The van der Waals surface area contributed by atoms with E-state index in [0.29, 0.717) is 12.5 Å². The van der Waals surface area contributed by atoms with Crippen LogP contribution < -0.4 is 5.73 Å². The predicted octanol–water partition coefficient (Wildman–Crippen LogP) is 3.67. The number of fused-ring (bicyclic) bond motifs is 1. The van der Waals surface area contributed by atoms with Gasteiger partial charge in [-0.3, -0.25) is 5.26 Å². The van der Waals surface area contributed by atoms with Crippen molar-refractivity contribution in [2.45, 2.75) is 53.3 Å². The van der Waals surface area contributed by atoms with Gasteiger partial charge in [0.25, 0.3) is 0 Å². The van der Waals surface area contributed by atoms with Gasteiger partial charge in [-0.1, -0.05) is 26.0 Å². The molecule has 2 rings (SSSR count). The summed E-state index contributed by atoms with van der Waals surface area (Å²) >= 11 is 0. The quantitative estimate of drug-likeness (QED) is 0.669. The molecule has 0 spiro atoms. The second kappa shape index (κ2) is 7.54. The highest BCUT2D eigenvalue weighted by Gasteiger charge is 2.09. The molecule has 1 heterocycles. The van der Waals surface area contributed by atoms with Crippen molar-refractivity contribution in [3.8, 4) is 0 Å². The van der Waals surface area contributed by atoms with Gasteiger partial charge in [-0.25, -0.2) is 9.87 Å². The molecule has 0 aliphatic carbocycles. The fourth-order valence-corrected chi connectivity index (χ4v) is 1.85. The first kappa shape index (κ1) is 17.6. The average molecular weight is 295 g/mol. The first-order chi connectivity index (χ1) is 9.78. The predicted molar refractivity (Wildman–Crippen MR) is 88.0 cm³/mol. The summed E-state index contributed by atoms with van der Waals surface area (Å²) in [6.07, 6.45) is 0. The number of hydrogen-bond acceptors (Lipinski definition) is 4. The molecular weight excluding hydrogens is 266 g/mol. The van der Waals surface area contributed by atoms with Gasteiger partial charge in [0.05, 0.1) is 23.2 Å². The number of benzene rings is 1. The van der Waals surface area contributed by atoms with Crippen LogP contribution in [0.25, 0.3) is 11.0 Å². The number of hydrogen-bond donors (Lipinski definition) is 2. The third-order valence-electron chi connectivity index (χ3n) is 2.74. The lowest BCUT2D eigenvalue weighted by molar-refractivity contribution is -0.306. The van der Waals surface area contributed by atoms with E-state index in [0.717, 1.165) is 17.9 Å². The third kappa shape index (κ3) is 5.46. The van der Waals surface area contributed by atoms with Gasteiger partial charge in [0.1, 0.15) is 5.82 Å². The van der Waals surface area contributed by atoms with Crippen molar-refractivity contribution in [1.82, 2.24) is 9.55 Å². The summed E-state index contributed by atoms with van der Waals surface area (Å²) in [6, 6.07) is 8.19. The summed E-state index contributed by atoms with van der Waals surface area (Å²) in [6.45, 7) is 11.2. The summed E-state index contributed by atoms with van der Waals surface area (Å²) in [4.78, 5) is 8.46. The Bertz CT molecular complexity index is 562. The highest BCUT2D eigenvalue weighted by Crippen LogP contribution is 2.17. The monoisotopic (exact) mass is 295 g/mol. The Labute approximate surface area is 128 Å². The second-order valence-electron chi connectivity index (χ2n) is 6.43. The van der Waals surface area contributed by atoms with Crippen LogP contribution in [-0.4, -0.2) is 20.4 Å². The van der Waals surface area contributed by atoms with Crippen molar-refractivity contribution in [3.05, 3.63) is 30.1 Å². The molecule has 120 valence electrons. The fraction of sp³-hybridized carbons (Fsp3) is 0.562. The lowest BCUT2D eigenvalue weighted by Crippen LogP contribution is -2.15. The number of imidazole rings is 1. The van der Waals surface area contributed by atoms with Crippen molar-refractivity contribution in [1.29, 1.82) is 0 Å². The van der Waals surface area contributed by atoms with Crippen molar-refractivity contribution in [2.75, 3.05) is 0 Å². The molecule has 0 unspecified atom stereocenters. The molecule has 5 heteroatoms. The highest BCUT2D eigenvalue weighted by molar-refractivity contribution is 5.75. The molecule has 0 fully saturated rings. The van der Waals surface area contributed by atoms with Crippen LogP contribution in [0, 0.1) is 5.92 Å². The molecule has 0 radical (unpaired) electrons. The molecule has 0 bridgehead atoms. The van der Waals surface area contributed by atoms with Crippen molar-refractivity contribution < 1.29 is 11.6 Å². The zero-order valence-corrected chi connectivity index (χ0v) is 13.6. The summed E-state index contributed by atoms with van der Waals surface area (Å²) in [5.41, 5.74) is 7.53. The molecule has 0 saturated carbocycles. The molecule has 3 N–H and O–H groups in total. The van der Waals surface area contributed by atoms with Gasteiger partial charge in [-0.15, -0.1) is 0 Å². The SMILES string of the molecule is CC(C)(C)OO.CC(C)Cn1c(CN)nc2ccccc21.[HH]. The molecule has 0 aliphatic heterocycles. The molecule has 0 atom stereocenters. The molecule has 0 aliphatic rings. The van der Waals surface area contributed by atoms with Crippen LogP contribution in [0.2, 0.25) is 0 Å². The largest absolute Gasteiger partial charge is 0.327 e. The first-order valence-corrected chi connectivity index (χ1v) is 7.25.